The molecule has 3 fully saturated rings. The van der Waals surface area contributed by atoms with Crippen LogP contribution in [-0.4, -0.2) is 32.6 Å². The molecule has 5 rings (SSSR count). The van der Waals surface area contributed by atoms with Crippen LogP contribution in [0.5, 0.6) is 0 Å². The fraction of sp³-hybridized carbons (Fsp3) is 0.500. The van der Waals surface area contributed by atoms with Crippen LogP contribution in [0.4, 0.5) is 4.39 Å². The topological polar surface area (TPSA) is 37.6 Å². The van der Waals surface area contributed by atoms with Crippen LogP contribution in [0.15, 0.2) is 34.2 Å². The number of amidine groups is 1. The summed E-state index contributed by atoms with van der Waals surface area (Å²) in [5, 5.41) is 1.00. The Kier molecular flexibility index (Phi) is 7.40. The Morgan fingerprint density at radius 1 is 1.03 bits per heavy atom. The number of aliphatic imine (C=N–C) groups is 1. The minimum atomic E-state index is -0.430. The molecule has 1 saturated heterocycles. The number of carbonyl (C=O) groups excluding carboxylic acids is 1. The summed E-state index contributed by atoms with van der Waals surface area (Å²) in [7, 11) is 0. The molecule has 35 heavy (non-hydrogen) atoms. The fourth-order valence-corrected chi connectivity index (χ4v) is 6.98. The van der Waals surface area contributed by atoms with E-state index in [2.05, 4.69) is 10.6 Å². The first-order valence-electron chi connectivity index (χ1n) is 12.9. The quantitative estimate of drug-likeness (QED) is 0.391. The van der Waals surface area contributed by atoms with Crippen LogP contribution in [0.25, 0.3) is 11.8 Å². The van der Waals surface area contributed by atoms with E-state index in [9.17, 15) is 9.18 Å². The normalized spacial score (nSPS) is 22.6. The van der Waals surface area contributed by atoms with Crippen LogP contribution < -0.4 is 0 Å². The third-order valence-corrected chi connectivity index (χ3v) is 8.85. The molecule has 1 aliphatic heterocycles. The Morgan fingerprint density at radius 3 is 2.40 bits per heavy atom. The van der Waals surface area contributed by atoms with Gasteiger partial charge in [-0.2, -0.15) is 0 Å². The number of nitrogens with zero attached hydrogens (tertiary/aromatic N) is 3. The SMILES string of the molecule is Cc1cc(C=C2SC(=NC3CCCCC3)N(C3CCCCC3)C2=O)c(C)n1-c1ccc(F)c(Cl)c1. The molecule has 4 nitrogen and oxygen atoms in total. The number of hydrogen-bond donors (Lipinski definition) is 0. The third kappa shape index (κ3) is 5.10. The zero-order valence-electron chi connectivity index (χ0n) is 20.5. The van der Waals surface area contributed by atoms with Gasteiger partial charge in [-0.15, -0.1) is 0 Å². The molecule has 2 aromatic rings. The zero-order valence-corrected chi connectivity index (χ0v) is 22.1. The second-order valence-electron chi connectivity index (χ2n) is 10.0. The molecule has 2 saturated carbocycles. The third-order valence-electron chi connectivity index (χ3n) is 7.56. The molecular weight excluding hydrogens is 481 g/mol. The molecule has 0 bridgehead atoms. The van der Waals surface area contributed by atoms with E-state index in [0.717, 1.165) is 58.4 Å². The van der Waals surface area contributed by atoms with Crippen molar-refractivity contribution >= 4 is 40.5 Å². The second kappa shape index (κ2) is 10.5. The Labute approximate surface area is 216 Å². The van der Waals surface area contributed by atoms with Crippen LogP contribution in [0, 0.1) is 19.7 Å². The summed E-state index contributed by atoms with van der Waals surface area (Å²) in [4.78, 5) is 21.6. The zero-order chi connectivity index (χ0) is 24.5. The van der Waals surface area contributed by atoms with Gasteiger partial charge in [-0.25, -0.2) is 4.39 Å². The van der Waals surface area contributed by atoms with Gasteiger partial charge in [-0.1, -0.05) is 50.1 Å². The van der Waals surface area contributed by atoms with E-state index < -0.39 is 5.82 Å². The highest BCUT2D eigenvalue weighted by Crippen LogP contribution is 2.39. The molecule has 1 aromatic carbocycles. The van der Waals surface area contributed by atoms with Gasteiger partial charge >= 0.3 is 0 Å². The van der Waals surface area contributed by atoms with Crippen molar-refractivity contribution in [2.24, 2.45) is 4.99 Å². The van der Waals surface area contributed by atoms with E-state index >= 15 is 0 Å². The number of benzene rings is 1. The maximum atomic E-state index is 13.7. The molecule has 0 N–H and O–H groups in total. The summed E-state index contributed by atoms with van der Waals surface area (Å²) in [6, 6.07) is 7.43. The lowest BCUT2D eigenvalue weighted by molar-refractivity contribution is -0.124. The Morgan fingerprint density at radius 2 is 1.71 bits per heavy atom. The van der Waals surface area contributed by atoms with E-state index in [-0.39, 0.29) is 17.0 Å². The predicted octanol–water partition coefficient (Wildman–Crippen LogP) is 7.82. The summed E-state index contributed by atoms with van der Waals surface area (Å²) >= 11 is 7.59. The number of carbonyl (C=O) groups is 1. The van der Waals surface area contributed by atoms with Crippen LogP contribution in [0.3, 0.4) is 0 Å². The molecule has 7 heteroatoms. The molecular formula is C28H33ClFN3OS. The van der Waals surface area contributed by atoms with Crippen LogP contribution in [0.1, 0.15) is 81.2 Å². The highest BCUT2D eigenvalue weighted by atomic mass is 35.5. The standard InChI is InChI=1S/C28H33ClFN3OS/c1-18-15-20(19(2)32(18)23-13-14-25(30)24(29)17-23)16-26-27(34)33(22-11-7-4-8-12-22)28(35-26)31-21-9-5-3-6-10-21/h13-17,21-22H,3-12H2,1-2H3. The summed E-state index contributed by atoms with van der Waals surface area (Å²) in [5.41, 5.74) is 3.80. The van der Waals surface area contributed by atoms with E-state index in [1.54, 1.807) is 23.9 Å². The maximum absolute atomic E-state index is 13.7. The van der Waals surface area contributed by atoms with Gasteiger partial charge in [-0.05, 0) is 87.2 Å². The number of aryl methyl sites for hydroxylation is 1. The van der Waals surface area contributed by atoms with Gasteiger partial charge in [-0.3, -0.25) is 14.7 Å². The van der Waals surface area contributed by atoms with Crippen LogP contribution in [-0.2, 0) is 4.79 Å². The molecule has 0 spiro atoms. The van der Waals surface area contributed by atoms with Crippen molar-refractivity contribution in [1.82, 2.24) is 9.47 Å². The smallest absolute Gasteiger partial charge is 0.267 e. The first-order chi connectivity index (χ1) is 16.9. The van der Waals surface area contributed by atoms with Gasteiger partial charge in [0.15, 0.2) is 5.17 Å². The fourth-order valence-electron chi connectivity index (χ4n) is 5.70. The van der Waals surface area contributed by atoms with Crippen molar-refractivity contribution in [3.63, 3.8) is 0 Å². The number of hydrogen-bond acceptors (Lipinski definition) is 3. The molecule has 0 radical (unpaired) electrons. The second-order valence-corrected chi connectivity index (χ2v) is 11.5. The summed E-state index contributed by atoms with van der Waals surface area (Å²) in [6.45, 7) is 4.04. The minimum absolute atomic E-state index is 0.0890. The summed E-state index contributed by atoms with van der Waals surface area (Å²) in [5.74, 6) is -0.341. The number of halogens is 2. The first kappa shape index (κ1) is 24.6. The molecule has 186 valence electrons. The molecule has 0 atom stereocenters. The van der Waals surface area contributed by atoms with Gasteiger partial charge in [0.05, 0.1) is 16.0 Å². The highest BCUT2D eigenvalue weighted by molar-refractivity contribution is 8.18. The molecule has 1 aromatic heterocycles. The van der Waals surface area contributed by atoms with Crippen molar-refractivity contribution in [3.05, 3.63) is 57.0 Å². The number of thioether (sulfide) groups is 1. The van der Waals surface area contributed by atoms with Crippen LogP contribution in [0.2, 0.25) is 5.02 Å². The van der Waals surface area contributed by atoms with Gasteiger partial charge in [0.1, 0.15) is 5.82 Å². The Hall–Kier alpha value is -2.05. The van der Waals surface area contributed by atoms with E-state index in [0.29, 0.717) is 6.04 Å². The largest absolute Gasteiger partial charge is 0.318 e. The highest BCUT2D eigenvalue weighted by Gasteiger charge is 2.39. The Bertz CT molecular complexity index is 1180. The lowest BCUT2D eigenvalue weighted by Gasteiger charge is -2.31. The van der Waals surface area contributed by atoms with Crippen molar-refractivity contribution < 1.29 is 9.18 Å². The van der Waals surface area contributed by atoms with Gasteiger partial charge < -0.3 is 4.57 Å². The van der Waals surface area contributed by atoms with E-state index in [4.69, 9.17) is 16.6 Å². The molecule has 0 unspecified atom stereocenters. The summed E-state index contributed by atoms with van der Waals surface area (Å²) < 4.78 is 15.8. The maximum Gasteiger partial charge on any atom is 0.267 e. The predicted molar refractivity (Wildman–Crippen MR) is 144 cm³/mol. The molecule has 2 heterocycles. The van der Waals surface area contributed by atoms with Crippen molar-refractivity contribution in [1.29, 1.82) is 0 Å². The van der Waals surface area contributed by atoms with Gasteiger partial charge in [0.2, 0.25) is 0 Å². The van der Waals surface area contributed by atoms with Crippen LogP contribution >= 0.6 is 23.4 Å². The average Bonchev–Trinajstić information content (AvgIpc) is 3.31. The molecule has 2 aliphatic carbocycles. The summed E-state index contributed by atoms with van der Waals surface area (Å²) in [6.07, 6.45) is 13.7. The van der Waals surface area contributed by atoms with Gasteiger partial charge in [0, 0.05) is 23.1 Å². The Balaban J connectivity index is 1.48. The lowest BCUT2D eigenvalue weighted by Crippen LogP contribution is -2.41. The monoisotopic (exact) mass is 513 g/mol. The van der Waals surface area contributed by atoms with Crippen molar-refractivity contribution in [2.45, 2.75) is 90.1 Å². The average molecular weight is 514 g/mol. The van der Waals surface area contributed by atoms with Crippen molar-refractivity contribution in [3.8, 4) is 5.69 Å². The molecule has 3 aliphatic rings. The number of rotatable bonds is 4. The van der Waals surface area contributed by atoms with E-state index in [1.165, 1.54) is 44.6 Å². The van der Waals surface area contributed by atoms with E-state index in [1.807, 2.05) is 24.8 Å². The molecule has 1 amide bonds. The number of aromatic nitrogens is 1. The first-order valence-corrected chi connectivity index (χ1v) is 14.1. The lowest BCUT2D eigenvalue weighted by atomic mass is 9.94. The minimum Gasteiger partial charge on any atom is -0.318 e. The van der Waals surface area contributed by atoms with Crippen molar-refractivity contribution in [2.75, 3.05) is 0 Å². The number of amides is 1. The van der Waals surface area contributed by atoms with Gasteiger partial charge in [0.25, 0.3) is 5.91 Å².